The Bertz CT molecular complexity index is 2010. The van der Waals surface area contributed by atoms with Crippen LogP contribution < -0.4 is 0 Å². The van der Waals surface area contributed by atoms with Gasteiger partial charge in [0.1, 0.15) is 11.2 Å². The van der Waals surface area contributed by atoms with E-state index in [-0.39, 0.29) is 37.2 Å². The number of aromatic carboxylic acids is 1. The highest BCUT2D eigenvalue weighted by Crippen LogP contribution is 2.31. The Morgan fingerprint density at radius 1 is 0.630 bits per heavy atom. The molecule has 1 aliphatic rings. The quantitative estimate of drug-likeness (QED) is 0.0690. The molecule has 282 valence electrons. The highest BCUT2D eigenvalue weighted by atomic mass is 16.5. The molecule has 4 rings (SSSR count). The smallest absolute Gasteiger partial charge is 0.339 e. The number of carboxylic acid groups (broad SMARTS) is 2. The second-order valence-electron chi connectivity index (χ2n) is 13.8. The van der Waals surface area contributed by atoms with Crippen molar-refractivity contribution in [3.63, 3.8) is 0 Å². The summed E-state index contributed by atoms with van der Waals surface area (Å²) in [5, 5.41) is 39.5. The van der Waals surface area contributed by atoms with Crippen molar-refractivity contribution < 1.29 is 63.5 Å². The normalized spacial score (nSPS) is 16.7. The number of carbonyl (C=O) groups excluding carboxylic acids is 5. The van der Waals surface area contributed by atoms with E-state index in [1.165, 1.54) is 70.2 Å². The Balaban J connectivity index is 1.39. The predicted octanol–water partition coefficient (Wildman–Crippen LogP) is 4.47. The van der Waals surface area contributed by atoms with Crippen molar-refractivity contribution in [1.82, 2.24) is 0 Å². The minimum absolute atomic E-state index is 0.0704. The summed E-state index contributed by atoms with van der Waals surface area (Å²) in [6.07, 6.45) is 4.90. The number of hydrogen-bond acceptors (Lipinski definition) is 11. The number of allylic oxidation sites excluding steroid dienone is 2. The number of rotatable bonds is 16. The zero-order valence-electron chi connectivity index (χ0n) is 30.0. The van der Waals surface area contributed by atoms with Gasteiger partial charge in [0.15, 0.2) is 17.3 Å². The van der Waals surface area contributed by atoms with E-state index in [1.807, 2.05) is 0 Å². The second-order valence-corrected chi connectivity index (χ2v) is 13.8. The number of carbonyl (C=O) groups is 7. The minimum Gasteiger partial charge on any atom is -0.480 e. The number of carboxylic acids is 2. The third-order valence-corrected chi connectivity index (χ3v) is 8.67. The Labute approximate surface area is 310 Å². The number of ether oxygens (including phenoxy) is 2. The topological polar surface area (TPSA) is 219 Å². The number of hydrogen-bond donors (Lipinski definition) is 4. The zero-order chi connectivity index (χ0) is 40.0. The van der Waals surface area contributed by atoms with Crippen LogP contribution in [-0.2, 0) is 31.9 Å². The molecule has 3 aromatic rings. The summed E-state index contributed by atoms with van der Waals surface area (Å²) in [7, 11) is 0. The van der Waals surface area contributed by atoms with E-state index >= 15 is 0 Å². The summed E-state index contributed by atoms with van der Waals surface area (Å²) < 4.78 is 10.6. The monoisotopic (exact) mass is 740 g/mol. The third-order valence-electron chi connectivity index (χ3n) is 8.67. The number of Topliss-reactive ketones (excluding diaryl/α,β-unsaturated/α-hetero) is 3. The SMILES string of the molecule is CC(C)(O)C(=O)c1ccc(CCOC(=O)c2cc(C(=O)C3C=CC(C(=O)O)(C(=O)OCCc4ccc(C(=O)C(C)(C)O)cc4)C=C3)ccc2C(=O)O)cc1. The van der Waals surface area contributed by atoms with Gasteiger partial charge in [0, 0.05) is 29.5 Å². The van der Waals surface area contributed by atoms with Crippen LogP contribution in [0.1, 0.15) is 90.6 Å². The van der Waals surface area contributed by atoms with E-state index in [9.17, 15) is 54.0 Å². The van der Waals surface area contributed by atoms with Crippen molar-refractivity contribution >= 4 is 41.2 Å². The fraction of sp³-hybridized carbons (Fsp3) is 0.293. The molecule has 13 nitrogen and oxygen atoms in total. The van der Waals surface area contributed by atoms with E-state index in [4.69, 9.17) is 9.47 Å². The molecule has 0 unspecified atom stereocenters. The molecule has 0 heterocycles. The second kappa shape index (κ2) is 16.3. The van der Waals surface area contributed by atoms with Crippen LogP contribution in [0.3, 0.4) is 0 Å². The van der Waals surface area contributed by atoms with Gasteiger partial charge in [-0.25, -0.2) is 9.59 Å². The molecule has 0 aliphatic heterocycles. The number of esters is 2. The van der Waals surface area contributed by atoms with Crippen LogP contribution in [-0.4, -0.2) is 86.1 Å². The van der Waals surface area contributed by atoms with Gasteiger partial charge in [-0.3, -0.25) is 24.0 Å². The van der Waals surface area contributed by atoms with E-state index in [1.54, 1.807) is 24.3 Å². The van der Waals surface area contributed by atoms with Crippen LogP contribution in [0.5, 0.6) is 0 Å². The van der Waals surface area contributed by atoms with Crippen molar-refractivity contribution in [3.8, 4) is 0 Å². The third kappa shape index (κ3) is 9.48. The Morgan fingerprint density at radius 2 is 1.07 bits per heavy atom. The lowest BCUT2D eigenvalue weighted by atomic mass is 9.79. The van der Waals surface area contributed by atoms with Crippen LogP contribution in [0, 0.1) is 11.3 Å². The van der Waals surface area contributed by atoms with Gasteiger partial charge in [-0.1, -0.05) is 78.9 Å². The molecule has 0 bridgehead atoms. The summed E-state index contributed by atoms with van der Waals surface area (Å²) in [5.41, 5.74) is -4.21. The fourth-order valence-corrected chi connectivity index (χ4v) is 5.49. The Hall–Kier alpha value is -6.05. The van der Waals surface area contributed by atoms with Crippen LogP contribution in [0.15, 0.2) is 91.0 Å². The first-order chi connectivity index (χ1) is 25.2. The number of ketones is 3. The molecule has 0 aromatic heterocycles. The van der Waals surface area contributed by atoms with Gasteiger partial charge >= 0.3 is 23.9 Å². The predicted molar refractivity (Wildman–Crippen MR) is 192 cm³/mol. The van der Waals surface area contributed by atoms with Gasteiger partial charge in [0.2, 0.25) is 5.41 Å². The zero-order valence-corrected chi connectivity index (χ0v) is 30.0. The van der Waals surface area contributed by atoms with Crippen molar-refractivity contribution in [2.75, 3.05) is 13.2 Å². The first kappa shape index (κ1) is 40.7. The number of aliphatic carboxylic acids is 1. The van der Waals surface area contributed by atoms with Crippen LogP contribution in [0.2, 0.25) is 0 Å². The van der Waals surface area contributed by atoms with Crippen LogP contribution >= 0.6 is 0 Å². The lowest BCUT2D eigenvalue weighted by Crippen LogP contribution is -2.39. The maximum Gasteiger partial charge on any atom is 0.339 e. The van der Waals surface area contributed by atoms with Gasteiger partial charge in [-0.2, -0.15) is 0 Å². The van der Waals surface area contributed by atoms with E-state index in [0.717, 1.165) is 24.3 Å². The summed E-state index contributed by atoms with van der Waals surface area (Å²) in [5.74, 6) is -7.70. The van der Waals surface area contributed by atoms with E-state index < -0.39 is 69.3 Å². The first-order valence-electron chi connectivity index (χ1n) is 16.8. The Kier molecular flexibility index (Phi) is 12.3. The number of aliphatic hydroxyl groups is 2. The summed E-state index contributed by atoms with van der Waals surface area (Å²) in [6, 6.07) is 16.0. The molecule has 0 amide bonds. The summed E-state index contributed by atoms with van der Waals surface area (Å²) >= 11 is 0. The lowest BCUT2D eigenvalue weighted by molar-refractivity contribution is -0.161. The first-order valence-corrected chi connectivity index (χ1v) is 16.8. The fourth-order valence-electron chi connectivity index (χ4n) is 5.49. The van der Waals surface area contributed by atoms with Crippen molar-refractivity contribution in [1.29, 1.82) is 0 Å². The molecule has 54 heavy (non-hydrogen) atoms. The molecule has 0 atom stereocenters. The maximum absolute atomic E-state index is 13.5. The number of benzene rings is 3. The highest BCUT2D eigenvalue weighted by Gasteiger charge is 2.45. The van der Waals surface area contributed by atoms with E-state index in [2.05, 4.69) is 0 Å². The molecule has 0 saturated heterocycles. The molecule has 4 N–H and O–H groups in total. The van der Waals surface area contributed by atoms with Gasteiger partial charge < -0.3 is 29.9 Å². The van der Waals surface area contributed by atoms with Gasteiger partial charge in [0.05, 0.1) is 30.3 Å². The van der Waals surface area contributed by atoms with Crippen molar-refractivity contribution in [2.45, 2.75) is 51.7 Å². The van der Waals surface area contributed by atoms with Crippen molar-refractivity contribution in [2.24, 2.45) is 11.3 Å². The van der Waals surface area contributed by atoms with Gasteiger partial charge in [-0.15, -0.1) is 0 Å². The molecule has 0 spiro atoms. The van der Waals surface area contributed by atoms with Crippen LogP contribution in [0.25, 0.3) is 0 Å². The average Bonchev–Trinajstić information content (AvgIpc) is 3.13. The van der Waals surface area contributed by atoms with E-state index in [0.29, 0.717) is 22.3 Å². The molecule has 0 fully saturated rings. The Morgan fingerprint density at radius 3 is 1.50 bits per heavy atom. The minimum atomic E-state index is -2.23. The molecular formula is C41H40O13. The van der Waals surface area contributed by atoms with Gasteiger partial charge in [0.25, 0.3) is 0 Å². The molecular weight excluding hydrogens is 700 g/mol. The maximum atomic E-state index is 13.5. The standard InChI is InChI=1S/C41H40O13/c1-39(2,51)33(43)27-9-5-24(6-10-27)17-21-53-36(47)31-23-29(13-14-30(31)35(45)46)32(42)26-15-19-41(20-16-26,37(48)49)38(50)54-22-18-25-7-11-28(12-8-25)34(44)40(3,4)52/h5-16,19-20,23,26,51-52H,17-18,21-22H2,1-4H3,(H,45,46)(H,48,49). The van der Waals surface area contributed by atoms with Crippen molar-refractivity contribution in [3.05, 3.63) is 130 Å². The van der Waals surface area contributed by atoms with Crippen LogP contribution in [0.4, 0.5) is 0 Å². The molecule has 0 saturated carbocycles. The molecule has 0 radical (unpaired) electrons. The molecule has 3 aromatic carbocycles. The highest BCUT2D eigenvalue weighted by molar-refractivity contribution is 6.08. The average molecular weight is 741 g/mol. The van der Waals surface area contributed by atoms with Gasteiger partial charge in [-0.05, 0) is 51.0 Å². The largest absolute Gasteiger partial charge is 0.480 e. The molecule has 1 aliphatic carbocycles. The summed E-state index contributed by atoms with van der Waals surface area (Å²) in [4.78, 5) is 88.2. The lowest BCUT2D eigenvalue weighted by Gasteiger charge is -2.24. The summed E-state index contributed by atoms with van der Waals surface area (Å²) in [6.45, 7) is 5.15. The molecule has 13 heteroatoms.